The lowest BCUT2D eigenvalue weighted by Crippen LogP contribution is -2.18. The number of amides is 1. The first-order valence-corrected chi connectivity index (χ1v) is 7.78. The largest absolute Gasteiger partial charge is 0.478 e. The molecule has 0 aliphatic rings. The molecule has 0 radical (unpaired) electrons. The summed E-state index contributed by atoms with van der Waals surface area (Å²) < 4.78 is 6.54. The van der Waals surface area contributed by atoms with Crippen molar-refractivity contribution in [2.75, 3.05) is 11.9 Å². The Morgan fingerprint density at radius 2 is 1.84 bits per heavy atom. The van der Waals surface area contributed by atoms with Crippen molar-refractivity contribution in [3.8, 4) is 0 Å². The summed E-state index contributed by atoms with van der Waals surface area (Å²) in [6.07, 6.45) is 1.62. The van der Waals surface area contributed by atoms with Gasteiger partial charge in [0.1, 0.15) is 0 Å². The van der Waals surface area contributed by atoms with Crippen molar-refractivity contribution in [3.05, 3.63) is 52.8 Å². The molecule has 132 valence electrons. The Balaban J connectivity index is 2.09. The Kier molecular flexibility index (Phi) is 5.59. The predicted molar refractivity (Wildman–Crippen MR) is 91.8 cm³/mol. The van der Waals surface area contributed by atoms with Gasteiger partial charge in [-0.25, -0.2) is 9.59 Å². The summed E-state index contributed by atoms with van der Waals surface area (Å²) >= 11 is 0. The molecule has 0 spiro atoms. The summed E-state index contributed by atoms with van der Waals surface area (Å²) in [6, 6.07) is 6.31. The van der Waals surface area contributed by atoms with E-state index in [0.717, 1.165) is 0 Å². The second kappa shape index (κ2) is 7.65. The van der Waals surface area contributed by atoms with Crippen LogP contribution in [0.15, 0.2) is 30.5 Å². The van der Waals surface area contributed by atoms with E-state index in [-0.39, 0.29) is 17.9 Å². The lowest BCUT2D eigenvalue weighted by Gasteiger charge is -2.08. The van der Waals surface area contributed by atoms with E-state index in [0.29, 0.717) is 29.1 Å². The van der Waals surface area contributed by atoms with Crippen molar-refractivity contribution in [2.24, 2.45) is 7.05 Å². The number of rotatable bonds is 6. The third-order valence-corrected chi connectivity index (χ3v) is 3.72. The van der Waals surface area contributed by atoms with Crippen molar-refractivity contribution in [1.29, 1.82) is 0 Å². The molecule has 25 heavy (non-hydrogen) atoms. The average molecular weight is 344 g/mol. The predicted octanol–water partition coefficient (Wildman–Crippen LogP) is 2.39. The maximum atomic E-state index is 12.2. The van der Waals surface area contributed by atoms with Crippen molar-refractivity contribution in [3.63, 3.8) is 0 Å². The quantitative estimate of drug-likeness (QED) is 0.784. The number of carbonyl (C=O) groups is 3. The van der Waals surface area contributed by atoms with Gasteiger partial charge < -0.3 is 19.7 Å². The van der Waals surface area contributed by atoms with Crippen LogP contribution in [0.2, 0.25) is 0 Å². The molecule has 0 unspecified atom stereocenters. The van der Waals surface area contributed by atoms with Crippen LogP contribution in [-0.4, -0.2) is 34.1 Å². The Bertz CT molecular complexity index is 806. The van der Waals surface area contributed by atoms with Crippen LogP contribution in [0.5, 0.6) is 0 Å². The van der Waals surface area contributed by atoms with E-state index >= 15 is 0 Å². The molecule has 0 aliphatic carbocycles. The molecule has 0 saturated carbocycles. The van der Waals surface area contributed by atoms with Gasteiger partial charge in [0.15, 0.2) is 0 Å². The Morgan fingerprint density at radius 3 is 2.40 bits per heavy atom. The Hall–Kier alpha value is -3.09. The molecule has 1 heterocycles. The number of carboxylic acid groups (broad SMARTS) is 1. The molecule has 0 aliphatic heterocycles. The van der Waals surface area contributed by atoms with Crippen molar-refractivity contribution in [1.82, 2.24) is 4.57 Å². The van der Waals surface area contributed by atoms with Crippen LogP contribution in [0.1, 0.15) is 38.9 Å². The number of ether oxygens (including phenoxy) is 1. The van der Waals surface area contributed by atoms with E-state index in [9.17, 15) is 19.5 Å². The van der Waals surface area contributed by atoms with Gasteiger partial charge in [-0.05, 0) is 43.7 Å². The lowest BCUT2D eigenvalue weighted by molar-refractivity contribution is -0.115. The van der Waals surface area contributed by atoms with Crippen LogP contribution in [0.25, 0.3) is 0 Å². The fourth-order valence-electron chi connectivity index (χ4n) is 2.60. The monoisotopic (exact) mass is 344 g/mol. The average Bonchev–Trinajstić information content (AvgIpc) is 2.82. The number of benzene rings is 1. The summed E-state index contributed by atoms with van der Waals surface area (Å²) in [5, 5.41) is 12.0. The maximum absolute atomic E-state index is 12.2. The molecule has 0 saturated heterocycles. The van der Waals surface area contributed by atoms with Crippen molar-refractivity contribution >= 4 is 23.5 Å². The fourth-order valence-corrected chi connectivity index (χ4v) is 2.60. The summed E-state index contributed by atoms with van der Waals surface area (Å²) in [6.45, 7) is 3.71. The molecule has 1 aromatic heterocycles. The molecule has 2 N–H and O–H groups in total. The highest BCUT2D eigenvalue weighted by Crippen LogP contribution is 2.18. The third kappa shape index (κ3) is 4.26. The third-order valence-electron chi connectivity index (χ3n) is 3.72. The van der Waals surface area contributed by atoms with E-state index in [1.807, 2.05) is 0 Å². The number of carboxylic acids is 1. The molecular weight excluding hydrogens is 324 g/mol. The van der Waals surface area contributed by atoms with Crippen LogP contribution < -0.4 is 5.32 Å². The van der Waals surface area contributed by atoms with Crippen LogP contribution >= 0.6 is 0 Å². The number of esters is 1. The van der Waals surface area contributed by atoms with Gasteiger partial charge in [0.2, 0.25) is 5.91 Å². The number of nitrogens with zero attached hydrogens (tertiary/aromatic N) is 1. The van der Waals surface area contributed by atoms with Gasteiger partial charge in [0.25, 0.3) is 0 Å². The lowest BCUT2D eigenvalue weighted by atomic mass is 10.1. The van der Waals surface area contributed by atoms with Gasteiger partial charge in [0, 0.05) is 24.6 Å². The molecular formula is C18H20N2O5. The number of anilines is 1. The van der Waals surface area contributed by atoms with Gasteiger partial charge in [-0.2, -0.15) is 0 Å². The van der Waals surface area contributed by atoms with Crippen molar-refractivity contribution < 1.29 is 24.2 Å². The highest BCUT2D eigenvalue weighted by atomic mass is 16.5. The molecule has 0 atom stereocenters. The van der Waals surface area contributed by atoms with Gasteiger partial charge in [-0.3, -0.25) is 4.79 Å². The topological polar surface area (TPSA) is 97.6 Å². The number of aromatic carboxylic acids is 1. The van der Waals surface area contributed by atoms with Gasteiger partial charge in [0.05, 0.1) is 24.2 Å². The summed E-state index contributed by atoms with van der Waals surface area (Å²) in [4.78, 5) is 35.2. The van der Waals surface area contributed by atoms with E-state index in [2.05, 4.69) is 5.32 Å². The van der Waals surface area contributed by atoms with Crippen LogP contribution in [-0.2, 0) is 23.0 Å². The molecule has 1 amide bonds. The van der Waals surface area contributed by atoms with Crippen LogP contribution in [0.3, 0.4) is 0 Å². The van der Waals surface area contributed by atoms with Gasteiger partial charge in [-0.15, -0.1) is 0 Å². The number of carbonyl (C=O) groups excluding carboxylic acids is 2. The van der Waals surface area contributed by atoms with Crippen LogP contribution in [0.4, 0.5) is 5.69 Å². The summed E-state index contributed by atoms with van der Waals surface area (Å²) in [5.74, 6) is -1.82. The Morgan fingerprint density at radius 1 is 1.20 bits per heavy atom. The summed E-state index contributed by atoms with van der Waals surface area (Å²) in [5.41, 5.74) is 2.10. The normalized spacial score (nSPS) is 10.4. The standard InChI is InChI=1S/C18H20N2O5/c1-4-25-18(24)12-5-7-13(8-6-12)19-15(21)9-14-16(17(22)23)11(2)10-20(14)3/h5-8,10H,4,9H2,1-3H3,(H,19,21)(H,22,23). The van der Waals surface area contributed by atoms with E-state index in [1.165, 1.54) is 0 Å². The zero-order valence-electron chi connectivity index (χ0n) is 14.3. The summed E-state index contributed by atoms with van der Waals surface area (Å²) in [7, 11) is 1.70. The number of hydrogen-bond donors (Lipinski definition) is 2. The number of nitrogens with one attached hydrogen (secondary N) is 1. The van der Waals surface area contributed by atoms with E-state index in [1.54, 1.807) is 55.9 Å². The first kappa shape index (κ1) is 18.3. The van der Waals surface area contributed by atoms with E-state index < -0.39 is 11.9 Å². The molecule has 2 aromatic rings. The van der Waals surface area contributed by atoms with E-state index in [4.69, 9.17) is 4.74 Å². The molecule has 7 heteroatoms. The smallest absolute Gasteiger partial charge is 0.338 e. The SMILES string of the molecule is CCOC(=O)c1ccc(NC(=O)Cc2c(C(=O)O)c(C)cn2C)cc1. The van der Waals surface area contributed by atoms with Crippen molar-refractivity contribution in [2.45, 2.75) is 20.3 Å². The Labute approximate surface area is 145 Å². The first-order valence-electron chi connectivity index (χ1n) is 7.78. The fraction of sp³-hybridized carbons (Fsp3) is 0.278. The minimum absolute atomic E-state index is 0.0639. The van der Waals surface area contributed by atoms with Crippen LogP contribution in [0, 0.1) is 6.92 Å². The van der Waals surface area contributed by atoms with Gasteiger partial charge >= 0.3 is 11.9 Å². The zero-order chi connectivity index (χ0) is 18.6. The molecule has 0 bridgehead atoms. The molecule has 1 aromatic carbocycles. The van der Waals surface area contributed by atoms with Gasteiger partial charge in [-0.1, -0.05) is 0 Å². The number of aryl methyl sites for hydroxylation is 2. The highest BCUT2D eigenvalue weighted by molar-refractivity contribution is 5.97. The molecule has 2 rings (SSSR count). The number of hydrogen-bond acceptors (Lipinski definition) is 4. The number of aromatic nitrogens is 1. The second-order valence-corrected chi connectivity index (χ2v) is 5.57. The minimum atomic E-state index is -1.06. The minimum Gasteiger partial charge on any atom is -0.478 e. The zero-order valence-corrected chi connectivity index (χ0v) is 14.3. The molecule has 7 nitrogen and oxygen atoms in total. The maximum Gasteiger partial charge on any atom is 0.338 e. The second-order valence-electron chi connectivity index (χ2n) is 5.57. The molecule has 0 fully saturated rings. The first-order chi connectivity index (χ1) is 11.8. The highest BCUT2D eigenvalue weighted by Gasteiger charge is 2.20.